The van der Waals surface area contributed by atoms with E-state index in [1.54, 1.807) is 0 Å². The molecule has 1 heterocycles. The summed E-state index contributed by atoms with van der Waals surface area (Å²) in [7, 11) is 0. The van der Waals surface area contributed by atoms with Gasteiger partial charge in [0.15, 0.2) is 0 Å². The monoisotopic (exact) mass is 321 g/mol. The molecule has 1 amide bonds. The van der Waals surface area contributed by atoms with Gasteiger partial charge in [0.25, 0.3) is 5.17 Å². The Balaban J connectivity index is 2.34. The van der Waals surface area contributed by atoms with Crippen molar-refractivity contribution in [3.05, 3.63) is 34.4 Å². The summed E-state index contributed by atoms with van der Waals surface area (Å²) in [5.41, 5.74) is 4.54. The van der Waals surface area contributed by atoms with Gasteiger partial charge in [0, 0.05) is 0 Å². The van der Waals surface area contributed by atoms with Gasteiger partial charge in [0.2, 0.25) is 5.91 Å². The summed E-state index contributed by atoms with van der Waals surface area (Å²) < 4.78 is 5.46. The second-order valence-electron chi connectivity index (χ2n) is 5.94. The summed E-state index contributed by atoms with van der Waals surface area (Å²) in [5.74, 6) is -0.179. The largest absolute Gasteiger partial charge is 0.468 e. The van der Waals surface area contributed by atoms with Crippen LogP contribution in [0.4, 0.5) is 0 Å². The van der Waals surface area contributed by atoms with Crippen LogP contribution in [0, 0.1) is 20.8 Å². The van der Waals surface area contributed by atoms with Crippen LogP contribution in [0.3, 0.4) is 0 Å². The molecule has 0 radical (unpaired) electrons. The number of carbonyl (C=O) groups excluding carboxylic acids is 1. The molecule has 4 nitrogen and oxygen atoms in total. The minimum atomic E-state index is -0.642. The summed E-state index contributed by atoms with van der Waals surface area (Å²) in [6.07, 6.45) is -0.0299. The van der Waals surface area contributed by atoms with Crippen molar-refractivity contribution in [2.24, 2.45) is 0 Å². The number of carbonyl (C=O) groups is 1. The van der Waals surface area contributed by atoms with Crippen molar-refractivity contribution < 1.29 is 14.6 Å². The number of amides is 1. The first-order valence-corrected chi connectivity index (χ1v) is 8.00. The van der Waals surface area contributed by atoms with E-state index in [2.05, 4.69) is 19.1 Å². The smallest absolute Gasteiger partial charge is 0.266 e. The van der Waals surface area contributed by atoms with E-state index < -0.39 is 6.10 Å². The summed E-state index contributed by atoms with van der Waals surface area (Å²) in [6, 6.07) is 4.00. The average Bonchev–Trinajstić information content (AvgIpc) is 2.79. The van der Waals surface area contributed by atoms with Gasteiger partial charge < -0.3 is 9.84 Å². The standard InChI is InChI=1S/C17H23NO3S/c1-5-13(19)8-15(20)18-14(9-21-17(18)22)16-11(3)6-10(2)7-12(16)4/h6-7,13-14,19H,5,8-9H2,1-4H3/t13-,14+/m1/s1. The molecule has 120 valence electrons. The van der Waals surface area contributed by atoms with Crippen molar-refractivity contribution in [3.63, 3.8) is 0 Å². The lowest BCUT2D eigenvalue weighted by Crippen LogP contribution is -2.36. The van der Waals surface area contributed by atoms with Gasteiger partial charge in [-0.3, -0.25) is 9.69 Å². The average molecular weight is 321 g/mol. The fourth-order valence-electron chi connectivity index (χ4n) is 3.07. The predicted molar refractivity (Wildman–Crippen MR) is 89.7 cm³/mol. The van der Waals surface area contributed by atoms with Crippen molar-refractivity contribution in [3.8, 4) is 0 Å². The Labute approximate surface area is 137 Å². The molecule has 0 saturated carbocycles. The molecular weight excluding hydrogens is 298 g/mol. The Morgan fingerprint density at radius 3 is 2.55 bits per heavy atom. The van der Waals surface area contributed by atoms with E-state index in [0.29, 0.717) is 13.0 Å². The summed E-state index contributed by atoms with van der Waals surface area (Å²) in [6.45, 7) is 8.36. The van der Waals surface area contributed by atoms with Gasteiger partial charge in [-0.25, -0.2) is 0 Å². The Hall–Kier alpha value is -1.46. The summed E-state index contributed by atoms with van der Waals surface area (Å²) >= 11 is 5.20. The number of hydrogen-bond donors (Lipinski definition) is 1. The molecule has 0 bridgehead atoms. The SMILES string of the molecule is CC[C@@H](O)CC(=O)N1C(=S)OC[C@H]1c1c(C)cc(C)cc1C. The number of ether oxygens (including phenoxy) is 1. The summed E-state index contributed by atoms with van der Waals surface area (Å²) in [5, 5.41) is 9.95. The second-order valence-corrected chi connectivity index (χ2v) is 6.28. The maximum atomic E-state index is 12.5. The normalized spacial score (nSPS) is 19.2. The number of hydrogen-bond acceptors (Lipinski definition) is 4. The number of thiocarbonyl (C=S) groups is 1. The van der Waals surface area contributed by atoms with Gasteiger partial charge >= 0.3 is 0 Å². The molecule has 1 N–H and O–H groups in total. The van der Waals surface area contributed by atoms with E-state index in [1.807, 2.05) is 20.8 Å². The Bertz CT molecular complexity index is 577. The van der Waals surface area contributed by atoms with Crippen LogP contribution in [-0.4, -0.2) is 33.8 Å². The van der Waals surface area contributed by atoms with Crippen LogP contribution >= 0.6 is 12.2 Å². The first-order chi connectivity index (χ1) is 10.3. The highest BCUT2D eigenvalue weighted by Gasteiger charge is 2.37. The first kappa shape index (κ1) is 16.9. The number of aliphatic hydroxyl groups is 1. The van der Waals surface area contributed by atoms with Gasteiger partial charge in [-0.2, -0.15) is 0 Å². The van der Waals surface area contributed by atoms with Gasteiger partial charge in [-0.15, -0.1) is 0 Å². The molecule has 0 aliphatic carbocycles. The van der Waals surface area contributed by atoms with E-state index in [-0.39, 0.29) is 23.5 Å². The van der Waals surface area contributed by atoms with Crippen LogP contribution in [0.25, 0.3) is 0 Å². The van der Waals surface area contributed by atoms with E-state index in [9.17, 15) is 9.90 Å². The van der Waals surface area contributed by atoms with E-state index >= 15 is 0 Å². The third kappa shape index (κ3) is 3.31. The van der Waals surface area contributed by atoms with Gasteiger partial charge in [0.05, 0.1) is 12.5 Å². The van der Waals surface area contributed by atoms with Crippen LogP contribution in [0.15, 0.2) is 12.1 Å². The van der Waals surface area contributed by atoms with Crippen LogP contribution in [-0.2, 0) is 9.53 Å². The fraction of sp³-hybridized carbons (Fsp3) is 0.529. The third-order valence-corrected chi connectivity index (χ3v) is 4.41. The number of rotatable bonds is 4. The highest BCUT2D eigenvalue weighted by Crippen LogP contribution is 2.33. The van der Waals surface area contributed by atoms with Crippen LogP contribution < -0.4 is 0 Å². The second kappa shape index (κ2) is 6.75. The first-order valence-electron chi connectivity index (χ1n) is 7.59. The molecule has 1 fully saturated rings. The molecule has 2 rings (SSSR count). The molecular formula is C17H23NO3S. The predicted octanol–water partition coefficient (Wildman–Crippen LogP) is 2.96. The van der Waals surface area contributed by atoms with E-state index in [1.165, 1.54) is 10.5 Å². The minimum Gasteiger partial charge on any atom is -0.468 e. The maximum absolute atomic E-state index is 12.5. The van der Waals surface area contributed by atoms with Gasteiger partial charge in [0.1, 0.15) is 12.6 Å². The molecule has 1 aliphatic heterocycles. The Morgan fingerprint density at radius 2 is 2.00 bits per heavy atom. The zero-order valence-electron chi connectivity index (χ0n) is 13.5. The number of nitrogens with zero attached hydrogens (tertiary/aromatic N) is 1. The summed E-state index contributed by atoms with van der Waals surface area (Å²) in [4.78, 5) is 14.0. The number of aliphatic hydroxyl groups excluding tert-OH is 1. The molecule has 5 heteroatoms. The molecule has 0 aromatic heterocycles. The number of aryl methyl sites for hydroxylation is 3. The zero-order valence-corrected chi connectivity index (χ0v) is 14.4. The Morgan fingerprint density at radius 1 is 1.41 bits per heavy atom. The van der Waals surface area contributed by atoms with E-state index in [0.717, 1.165) is 16.7 Å². The molecule has 1 aliphatic rings. The van der Waals surface area contributed by atoms with Crippen LogP contribution in [0.1, 0.15) is 48.1 Å². The highest BCUT2D eigenvalue weighted by atomic mass is 32.1. The van der Waals surface area contributed by atoms with E-state index in [4.69, 9.17) is 17.0 Å². The Kier molecular flexibility index (Phi) is 5.19. The van der Waals surface area contributed by atoms with Crippen molar-refractivity contribution in [2.75, 3.05) is 6.61 Å². The van der Waals surface area contributed by atoms with Crippen molar-refractivity contribution >= 4 is 23.3 Å². The number of benzene rings is 1. The van der Waals surface area contributed by atoms with Crippen molar-refractivity contribution in [1.29, 1.82) is 0 Å². The molecule has 1 aromatic rings. The highest BCUT2D eigenvalue weighted by molar-refractivity contribution is 7.80. The molecule has 1 aromatic carbocycles. The molecule has 22 heavy (non-hydrogen) atoms. The lowest BCUT2D eigenvalue weighted by molar-refractivity contribution is -0.130. The van der Waals surface area contributed by atoms with Gasteiger partial charge in [-0.1, -0.05) is 24.6 Å². The topological polar surface area (TPSA) is 49.8 Å². The van der Waals surface area contributed by atoms with Crippen LogP contribution in [0.2, 0.25) is 0 Å². The minimum absolute atomic E-state index is 0.0699. The molecule has 2 atom stereocenters. The molecule has 1 saturated heterocycles. The molecule has 0 unspecified atom stereocenters. The van der Waals surface area contributed by atoms with Crippen molar-refractivity contribution in [1.82, 2.24) is 4.90 Å². The van der Waals surface area contributed by atoms with Gasteiger partial charge in [-0.05, 0) is 56.1 Å². The lowest BCUT2D eigenvalue weighted by atomic mass is 9.93. The maximum Gasteiger partial charge on any atom is 0.266 e. The third-order valence-electron chi connectivity index (χ3n) is 4.09. The quantitative estimate of drug-likeness (QED) is 0.866. The molecule has 0 spiro atoms. The lowest BCUT2D eigenvalue weighted by Gasteiger charge is -2.25. The van der Waals surface area contributed by atoms with Crippen molar-refractivity contribution in [2.45, 2.75) is 52.7 Å². The van der Waals surface area contributed by atoms with Crippen LogP contribution in [0.5, 0.6) is 0 Å². The fourth-order valence-corrected chi connectivity index (χ4v) is 3.37. The zero-order chi connectivity index (χ0) is 16.4.